The maximum Gasteiger partial charge on any atom is 0.405 e. The maximum absolute atomic E-state index is 12.1. The monoisotopic (exact) mass is 219 g/mol. The van der Waals surface area contributed by atoms with Crippen LogP contribution in [0.1, 0.15) is 0 Å². The molecular formula is C9H12F3N3. The molecule has 15 heavy (non-hydrogen) atoms. The molecule has 1 aromatic heterocycles. The fourth-order valence-electron chi connectivity index (χ4n) is 1.13. The van der Waals surface area contributed by atoms with Crippen molar-refractivity contribution < 1.29 is 13.2 Å². The van der Waals surface area contributed by atoms with Crippen molar-refractivity contribution >= 4 is 11.4 Å². The maximum atomic E-state index is 12.1. The van der Waals surface area contributed by atoms with Gasteiger partial charge in [-0.25, -0.2) is 0 Å². The van der Waals surface area contributed by atoms with Gasteiger partial charge in [0.2, 0.25) is 0 Å². The second-order valence-electron chi connectivity index (χ2n) is 3.15. The van der Waals surface area contributed by atoms with E-state index in [-0.39, 0.29) is 0 Å². The van der Waals surface area contributed by atoms with Gasteiger partial charge in [-0.05, 0) is 6.07 Å². The number of hydrogen-bond acceptors (Lipinski definition) is 3. The zero-order chi connectivity index (χ0) is 11.5. The van der Waals surface area contributed by atoms with Crippen LogP contribution in [0.3, 0.4) is 0 Å². The van der Waals surface area contributed by atoms with Crippen molar-refractivity contribution in [3.8, 4) is 0 Å². The van der Waals surface area contributed by atoms with Crippen LogP contribution < -0.4 is 10.2 Å². The average molecular weight is 219 g/mol. The number of hydrogen-bond donors (Lipinski definition) is 1. The van der Waals surface area contributed by atoms with Gasteiger partial charge in [0.15, 0.2) is 0 Å². The molecule has 0 fully saturated rings. The van der Waals surface area contributed by atoms with Crippen molar-refractivity contribution in [2.75, 3.05) is 30.9 Å². The summed E-state index contributed by atoms with van der Waals surface area (Å²) in [7, 11) is 3.06. The molecule has 0 saturated heterocycles. The lowest BCUT2D eigenvalue weighted by Crippen LogP contribution is -2.30. The zero-order valence-electron chi connectivity index (χ0n) is 8.47. The molecule has 0 saturated carbocycles. The molecule has 84 valence electrons. The van der Waals surface area contributed by atoms with Crippen LogP contribution in [0.15, 0.2) is 18.5 Å². The van der Waals surface area contributed by atoms with Crippen molar-refractivity contribution in [2.24, 2.45) is 0 Å². The number of nitrogens with zero attached hydrogens (tertiary/aromatic N) is 2. The van der Waals surface area contributed by atoms with Crippen molar-refractivity contribution in [3.05, 3.63) is 18.5 Å². The van der Waals surface area contributed by atoms with Gasteiger partial charge in [0.05, 0.1) is 23.8 Å². The molecule has 0 atom stereocenters. The van der Waals surface area contributed by atoms with Gasteiger partial charge < -0.3 is 10.2 Å². The first-order chi connectivity index (χ1) is 6.92. The number of anilines is 2. The predicted molar refractivity (Wildman–Crippen MR) is 53.1 cm³/mol. The van der Waals surface area contributed by atoms with E-state index in [9.17, 15) is 13.2 Å². The number of halogens is 3. The topological polar surface area (TPSA) is 28.2 Å². The Kier molecular flexibility index (Phi) is 3.39. The van der Waals surface area contributed by atoms with E-state index >= 15 is 0 Å². The summed E-state index contributed by atoms with van der Waals surface area (Å²) in [4.78, 5) is 4.94. The molecule has 0 aromatic carbocycles. The number of pyridine rings is 1. The second kappa shape index (κ2) is 4.37. The van der Waals surface area contributed by atoms with E-state index in [0.29, 0.717) is 11.4 Å². The number of alkyl halides is 3. The van der Waals surface area contributed by atoms with Crippen LogP contribution in [0.4, 0.5) is 24.5 Å². The first kappa shape index (κ1) is 11.6. The summed E-state index contributed by atoms with van der Waals surface area (Å²) in [6.07, 6.45) is -1.26. The average Bonchev–Trinajstić information content (AvgIpc) is 2.15. The molecule has 0 amide bonds. The van der Waals surface area contributed by atoms with Gasteiger partial charge in [0.1, 0.15) is 6.54 Å². The van der Waals surface area contributed by atoms with Crippen LogP contribution in [0.2, 0.25) is 0 Å². The normalized spacial score (nSPS) is 11.3. The Morgan fingerprint density at radius 3 is 2.60 bits per heavy atom. The van der Waals surface area contributed by atoms with Crippen molar-refractivity contribution in [3.63, 3.8) is 0 Å². The SMILES string of the molecule is CNc1cncc(N(C)CC(F)(F)F)c1. The van der Waals surface area contributed by atoms with Crippen molar-refractivity contribution in [2.45, 2.75) is 6.18 Å². The molecule has 1 N–H and O–H groups in total. The van der Waals surface area contributed by atoms with Crippen LogP contribution in [0.5, 0.6) is 0 Å². The largest absolute Gasteiger partial charge is 0.405 e. The van der Waals surface area contributed by atoms with E-state index in [4.69, 9.17) is 0 Å². The van der Waals surface area contributed by atoms with Crippen molar-refractivity contribution in [1.29, 1.82) is 0 Å². The van der Waals surface area contributed by atoms with Crippen LogP contribution in [0.25, 0.3) is 0 Å². The Balaban J connectivity index is 2.77. The summed E-state index contributed by atoms with van der Waals surface area (Å²) in [5.74, 6) is 0. The van der Waals surface area contributed by atoms with Gasteiger partial charge in [-0.3, -0.25) is 4.98 Å². The molecule has 0 spiro atoms. The highest BCUT2D eigenvalue weighted by molar-refractivity contribution is 5.54. The molecule has 0 radical (unpaired) electrons. The fraction of sp³-hybridized carbons (Fsp3) is 0.444. The van der Waals surface area contributed by atoms with Gasteiger partial charge in [-0.15, -0.1) is 0 Å². The van der Waals surface area contributed by atoms with Crippen LogP contribution in [-0.4, -0.2) is 31.8 Å². The van der Waals surface area contributed by atoms with Crippen LogP contribution in [-0.2, 0) is 0 Å². The fourth-order valence-corrected chi connectivity index (χ4v) is 1.13. The summed E-state index contributed by atoms with van der Waals surface area (Å²) >= 11 is 0. The standard InChI is InChI=1S/C9H12F3N3/c1-13-7-3-8(5-14-4-7)15(2)6-9(10,11)12/h3-5,13H,6H2,1-2H3. The first-order valence-corrected chi connectivity index (χ1v) is 4.33. The summed E-state index contributed by atoms with van der Waals surface area (Å²) in [5, 5.41) is 2.81. The molecule has 0 aliphatic heterocycles. The molecule has 0 aliphatic rings. The van der Waals surface area contributed by atoms with E-state index < -0.39 is 12.7 Å². The van der Waals surface area contributed by atoms with Gasteiger partial charge in [0, 0.05) is 14.1 Å². The summed E-state index contributed by atoms with van der Waals surface area (Å²) in [6, 6.07) is 1.61. The molecule has 1 rings (SSSR count). The Hall–Kier alpha value is -1.46. The van der Waals surface area contributed by atoms with Gasteiger partial charge in [0.25, 0.3) is 0 Å². The third-order valence-corrected chi connectivity index (χ3v) is 1.87. The predicted octanol–water partition coefficient (Wildman–Crippen LogP) is 2.12. The zero-order valence-corrected chi connectivity index (χ0v) is 8.47. The first-order valence-electron chi connectivity index (χ1n) is 4.33. The lowest BCUT2D eigenvalue weighted by atomic mass is 10.3. The number of nitrogens with one attached hydrogen (secondary N) is 1. The molecule has 6 heteroatoms. The van der Waals surface area contributed by atoms with Crippen LogP contribution >= 0.6 is 0 Å². The highest BCUT2D eigenvalue weighted by atomic mass is 19.4. The van der Waals surface area contributed by atoms with E-state index in [0.717, 1.165) is 4.90 Å². The third kappa shape index (κ3) is 3.65. The van der Waals surface area contributed by atoms with E-state index in [2.05, 4.69) is 10.3 Å². The van der Waals surface area contributed by atoms with Gasteiger partial charge >= 0.3 is 6.18 Å². The quantitative estimate of drug-likeness (QED) is 0.844. The number of rotatable bonds is 3. The van der Waals surface area contributed by atoms with E-state index in [1.54, 1.807) is 19.3 Å². The molecule has 0 unspecified atom stereocenters. The minimum atomic E-state index is -4.20. The third-order valence-electron chi connectivity index (χ3n) is 1.87. The highest BCUT2D eigenvalue weighted by Crippen LogP contribution is 2.21. The summed E-state index contributed by atoms with van der Waals surface area (Å²) in [5.41, 5.74) is 1.11. The lowest BCUT2D eigenvalue weighted by Gasteiger charge is -2.20. The second-order valence-corrected chi connectivity index (χ2v) is 3.15. The molecule has 0 aliphatic carbocycles. The Morgan fingerprint density at radius 1 is 1.40 bits per heavy atom. The molecule has 1 heterocycles. The van der Waals surface area contributed by atoms with Gasteiger partial charge in [-0.1, -0.05) is 0 Å². The van der Waals surface area contributed by atoms with E-state index in [1.807, 2.05) is 0 Å². The van der Waals surface area contributed by atoms with Crippen LogP contribution in [0, 0.1) is 0 Å². The summed E-state index contributed by atoms with van der Waals surface area (Å²) < 4.78 is 36.3. The Morgan fingerprint density at radius 2 is 2.07 bits per heavy atom. The minimum Gasteiger partial charge on any atom is -0.387 e. The molecule has 3 nitrogen and oxygen atoms in total. The van der Waals surface area contributed by atoms with Crippen molar-refractivity contribution in [1.82, 2.24) is 4.98 Å². The molecular weight excluding hydrogens is 207 g/mol. The van der Waals surface area contributed by atoms with Gasteiger partial charge in [-0.2, -0.15) is 13.2 Å². The van der Waals surface area contributed by atoms with E-state index in [1.165, 1.54) is 13.2 Å². The minimum absolute atomic E-state index is 0.430. The number of aromatic nitrogens is 1. The lowest BCUT2D eigenvalue weighted by molar-refractivity contribution is -0.119. The molecule has 1 aromatic rings. The highest BCUT2D eigenvalue weighted by Gasteiger charge is 2.29. The smallest absolute Gasteiger partial charge is 0.387 e. The Labute approximate surface area is 85.9 Å². The summed E-state index contributed by atoms with van der Waals surface area (Å²) in [6.45, 7) is -0.984. The Bertz CT molecular complexity index is 325. The molecule has 0 bridgehead atoms.